The number of nitrogens with one attached hydrogen (secondary N) is 2. The van der Waals surface area contributed by atoms with Gasteiger partial charge in [0.2, 0.25) is 0 Å². The van der Waals surface area contributed by atoms with Gasteiger partial charge in [0.1, 0.15) is 5.82 Å². The highest BCUT2D eigenvalue weighted by atomic mass is 19.1. The quantitative estimate of drug-likeness (QED) is 0.447. The molecule has 34 heavy (non-hydrogen) atoms. The Balaban J connectivity index is 1.22. The second kappa shape index (κ2) is 10.6. The second-order valence-corrected chi connectivity index (χ2v) is 9.62. The molecule has 3 heterocycles. The number of amides is 1. The zero-order valence-corrected chi connectivity index (χ0v) is 20.5. The van der Waals surface area contributed by atoms with Crippen LogP contribution in [0.3, 0.4) is 0 Å². The Kier molecular flexibility index (Phi) is 7.58. The summed E-state index contributed by atoms with van der Waals surface area (Å²) in [5, 5.41) is 5.31. The van der Waals surface area contributed by atoms with Gasteiger partial charge in [-0.2, -0.15) is 5.10 Å². The zero-order chi connectivity index (χ0) is 24.2. The van der Waals surface area contributed by atoms with Crippen LogP contribution in [0.25, 0.3) is 11.0 Å². The van der Waals surface area contributed by atoms with Crippen LogP contribution >= 0.6 is 0 Å². The third-order valence-corrected chi connectivity index (χ3v) is 6.60. The van der Waals surface area contributed by atoms with E-state index >= 15 is 0 Å². The Morgan fingerprint density at radius 2 is 2.06 bits per heavy atom. The van der Waals surface area contributed by atoms with Crippen molar-refractivity contribution in [3.05, 3.63) is 59.2 Å². The van der Waals surface area contributed by atoms with Crippen LogP contribution in [-0.2, 0) is 0 Å². The van der Waals surface area contributed by atoms with Gasteiger partial charge in [0.25, 0.3) is 5.91 Å². The molecule has 0 radical (unpaired) electrons. The number of hydrogen-bond donors (Lipinski definition) is 2. The molecule has 2 unspecified atom stereocenters. The zero-order valence-electron chi connectivity index (χ0n) is 20.5. The number of nitrogens with zero attached hydrogens (tertiary/aromatic N) is 4. The molecule has 2 aromatic heterocycles. The van der Waals surface area contributed by atoms with Crippen LogP contribution in [0.5, 0.6) is 0 Å². The molecule has 4 rings (SSSR count). The SMILES string of the molecule is Cc1nc2c(cnn2C(C)C)cc1C(=O)N(C)CCCCCC1CC(c2cccc(F)c2)NN1. The summed E-state index contributed by atoms with van der Waals surface area (Å²) in [4.78, 5) is 19.5. The molecule has 1 fully saturated rings. The summed E-state index contributed by atoms with van der Waals surface area (Å²) in [5.41, 5.74) is 9.81. The first-order valence-corrected chi connectivity index (χ1v) is 12.2. The van der Waals surface area contributed by atoms with Crippen LogP contribution in [0.4, 0.5) is 4.39 Å². The van der Waals surface area contributed by atoms with Gasteiger partial charge in [-0.25, -0.2) is 14.1 Å². The van der Waals surface area contributed by atoms with Crippen molar-refractivity contribution < 1.29 is 9.18 Å². The number of fused-ring (bicyclic) bond motifs is 1. The number of aryl methyl sites for hydroxylation is 1. The largest absolute Gasteiger partial charge is 0.342 e. The smallest absolute Gasteiger partial charge is 0.255 e. The van der Waals surface area contributed by atoms with E-state index in [0.717, 1.165) is 54.4 Å². The van der Waals surface area contributed by atoms with Crippen LogP contribution in [0.15, 0.2) is 36.5 Å². The topological polar surface area (TPSA) is 75.1 Å². The summed E-state index contributed by atoms with van der Waals surface area (Å²) < 4.78 is 15.4. The first kappa shape index (κ1) is 24.3. The Morgan fingerprint density at radius 1 is 1.24 bits per heavy atom. The lowest BCUT2D eigenvalue weighted by atomic mass is 9.99. The van der Waals surface area contributed by atoms with Crippen LogP contribution in [-0.4, -0.2) is 45.2 Å². The molecule has 1 aliphatic heterocycles. The molecule has 1 aromatic carbocycles. The van der Waals surface area contributed by atoms with E-state index in [9.17, 15) is 9.18 Å². The fraction of sp³-hybridized carbons (Fsp3) is 0.500. The summed E-state index contributed by atoms with van der Waals surface area (Å²) in [7, 11) is 1.86. The van der Waals surface area contributed by atoms with Crippen LogP contribution in [0.2, 0.25) is 0 Å². The number of carbonyl (C=O) groups is 1. The van der Waals surface area contributed by atoms with Crippen molar-refractivity contribution >= 4 is 16.9 Å². The number of pyridine rings is 1. The maximum Gasteiger partial charge on any atom is 0.255 e. The lowest BCUT2D eigenvalue weighted by Crippen LogP contribution is -2.31. The van der Waals surface area contributed by atoms with E-state index in [4.69, 9.17) is 0 Å². The molecule has 7 nitrogen and oxygen atoms in total. The minimum atomic E-state index is -0.196. The van der Waals surface area contributed by atoms with Crippen LogP contribution < -0.4 is 10.9 Å². The molecule has 182 valence electrons. The van der Waals surface area contributed by atoms with Gasteiger partial charge in [-0.05, 0) is 63.8 Å². The molecule has 1 aliphatic rings. The molecule has 2 N–H and O–H groups in total. The van der Waals surface area contributed by atoms with E-state index < -0.39 is 0 Å². The van der Waals surface area contributed by atoms with E-state index in [1.54, 1.807) is 23.2 Å². The third-order valence-electron chi connectivity index (χ3n) is 6.60. The second-order valence-electron chi connectivity index (χ2n) is 9.62. The molecule has 0 saturated carbocycles. The standard InChI is InChI=1S/C26H35FN6O/c1-17(2)33-25-20(16-28-33)14-23(18(3)29-25)26(34)32(4)12-7-5-6-11-22-15-24(31-30-22)19-9-8-10-21(27)13-19/h8-10,13-14,16-17,22,24,30-31H,5-7,11-12,15H2,1-4H3. The number of hydrogen-bond acceptors (Lipinski definition) is 5. The van der Waals surface area contributed by atoms with Crippen molar-refractivity contribution in [2.45, 2.75) is 71.0 Å². The van der Waals surface area contributed by atoms with Gasteiger partial charge in [0, 0.05) is 37.1 Å². The highest BCUT2D eigenvalue weighted by molar-refractivity contribution is 5.98. The summed E-state index contributed by atoms with van der Waals surface area (Å²) in [6, 6.07) is 9.44. The van der Waals surface area contributed by atoms with Crippen molar-refractivity contribution in [2.75, 3.05) is 13.6 Å². The van der Waals surface area contributed by atoms with E-state index in [2.05, 4.69) is 34.8 Å². The van der Waals surface area contributed by atoms with Gasteiger partial charge in [-0.3, -0.25) is 15.6 Å². The summed E-state index contributed by atoms with van der Waals surface area (Å²) >= 11 is 0. The van der Waals surface area contributed by atoms with Gasteiger partial charge in [0.05, 0.1) is 17.5 Å². The summed E-state index contributed by atoms with van der Waals surface area (Å²) in [6.45, 7) is 6.73. The van der Waals surface area contributed by atoms with E-state index in [-0.39, 0.29) is 23.8 Å². The highest BCUT2D eigenvalue weighted by Gasteiger charge is 2.24. The molecular formula is C26H35FN6O. The minimum Gasteiger partial charge on any atom is -0.342 e. The normalized spacial score (nSPS) is 18.2. The Bertz CT molecular complexity index is 1140. The molecule has 0 spiro atoms. The van der Waals surface area contributed by atoms with Gasteiger partial charge in [-0.1, -0.05) is 25.0 Å². The fourth-order valence-electron chi connectivity index (χ4n) is 4.64. The van der Waals surface area contributed by atoms with Gasteiger partial charge >= 0.3 is 0 Å². The third kappa shape index (κ3) is 5.45. The van der Waals surface area contributed by atoms with Gasteiger partial charge in [-0.15, -0.1) is 0 Å². The monoisotopic (exact) mass is 466 g/mol. The number of aromatic nitrogens is 3. The molecule has 3 aromatic rings. The van der Waals surface area contributed by atoms with Crippen molar-refractivity contribution in [3.63, 3.8) is 0 Å². The predicted octanol–water partition coefficient (Wildman–Crippen LogP) is 4.70. The number of carbonyl (C=O) groups excluding carboxylic acids is 1. The summed E-state index contributed by atoms with van der Waals surface area (Å²) in [6.07, 6.45) is 6.87. The molecule has 8 heteroatoms. The predicted molar refractivity (Wildman–Crippen MR) is 132 cm³/mol. The first-order chi connectivity index (χ1) is 16.3. The van der Waals surface area contributed by atoms with Crippen molar-refractivity contribution in [1.29, 1.82) is 0 Å². The number of benzene rings is 1. The average Bonchev–Trinajstić information content (AvgIpc) is 3.44. The van der Waals surface area contributed by atoms with Gasteiger partial charge < -0.3 is 4.90 Å². The van der Waals surface area contributed by atoms with Crippen molar-refractivity contribution in [3.8, 4) is 0 Å². The van der Waals surface area contributed by atoms with Crippen molar-refractivity contribution in [2.24, 2.45) is 0 Å². The lowest BCUT2D eigenvalue weighted by Gasteiger charge is -2.18. The summed E-state index contributed by atoms with van der Waals surface area (Å²) in [5.74, 6) is -0.193. The number of halogens is 1. The number of hydrazine groups is 1. The van der Waals surface area contributed by atoms with E-state index in [1.807, 2.05) is 30.8 Å². The Hall–Kier alpha value is -2.84. The molecule has 0 bridgehead atoms. The lowest BCUT2D eigenvalue weighted by molar-refractivity contribution is 0.0791. The molecule has 0 aliphatic carbocycles. The molecular weight excluding hydrogens is 431 g/mol. The van der Waals surface area contributed by atoms with Crippen LogP contribution in [0.1, 0.15) is 79.7 Å². The van der Waals surface area contributed by atoms with E-state index in [1.165, 1.54) is 6.07 Å². The molecule has 1 saturated heterocycles. The first-order valence-electron chi connectivity index (χ1n) is 12.2. The van der Waals surface area contributed by atoms with E-state index in [0.29, 0.717) is 18.2 Å². The Morgan fingerprint density at radius 3 is 2.82 bits per heavy atom. The number of rotatable bonds is 9. The van der Waals surface area contributed by atoms with Gasteiger partial charge in [0.15, 0.2) is 5.65 Å². The Labute approximate surface area is 200 Å². The van der Waals surface area contributed by atoms with Crippen LogP contribution in [0, 0.1) is 12.7 Å². The molecule has 1 amide bonds. The maximum atomic E-state index is 13.5. The average molecular weight is 467 g/mol. The maximum absolute atomic E-state index is 13.5. The number of unbranched alkanes of at least 4 members (excludes halogenated alkanes) is 2. The highest BCUT2D eigenvalue weighted by Crippen LogP contribution is 2.25. The van der Waals surface area contributed by atoms with Crippen molar-refractivity contribution in [1.82, 2.24) is 30.5 Å². The fourth-order valence-corrected chi connectivity index (χ4v) is 4.64. The minimum absolute atomic E-state index is 0.00351. The molecule has 2 atom stereocenters.